The molecular weight excluding hydrogens is 174 g/mol. The monoisotopic (exact) mass is 183 g/mol. The van der Waals surface area contributed by atoms with Gasteiger partial charge in [-0.25, -0.2) is 0 Å². The fourth-order valence-corrected chi connectivity index (χ4v) is 1.56. The van der Waals surface area contributed by atoms with Crippen LogP contribution in [0.5, 0.6) is 0 Å². The molecule has 0 aromatic carbocycles. The first-order valence-corrected chi connectivity index (χ1v) is 4.36. The minimum atomic E-state index is 0.478. The van der Waals surface area contributed by atoms with E-state index < -0.39 is 0 Å². The second kappa shape index (κ2) is 2.59. The average Bonchev–Trinajstić information content (AvgIpc) is 2.81. The Balaban J connectivity index is 2.55. The minimum absolute atomic E-state index is 0.478. The van der Waals surface area contributed by atoms with E-state index in [1.807, 2.05) is 6.92 Å². The van der Waals surface area contributed by atoms with E-state index in [2.05, 4.69) is 10.2 Å². The van der Waals surface area contributed by atoms with Crippen molar-refractivity contribution in [1.29, 1.82) is 0 Å². The number of nitrogens with zero attached hydrogens (tertiary/aromatic N) is 2. The fourth-order valence-electron chi connectivity index (χ4n) is 1.42. The molecule has 0 aliphatic heterocycles. The van der Waals surface area contributed by atoms with Crippen LogP contribution in [0.25, 0.3) is 0 Å². The van der Waals surface area contributed by atoms with Gasteiger partial charge in [0.2, 0.25) is 0 Å². The van der Waals surface area contributed by atoms with E-state index in [0.717, 1.165) is 11.1 Å². The smallest absolute Gasteiger partial charge is 0.155 e. The second-order valence-corrected chi connectivity index (χ2v) is 3.55. The Labute approximate surface area is 75.9 Å². The molecule has 12 heavy (non-hydrogen) atoms. The molecule has 2 N–H and O–H groups in total. The lowest BCUT2D eigenvalue weighted by atomic mass is 10.1. The van der Waals surface area contributed by atoms with Gasteiger partial charge in [0.1, 0.15) is 5.82 Å². The van der Waals surface area contributed by atoms with Gasteiger partial charge in [0.15, 0.2) is 5.15 Å². The predicted octanol–water partition coefficient (Wildman–Crippen LogP) is 1.90. The first kappa shape index (κ1) is 7.80. The first-order valence-electron chi connectivity index (χ1n) is 3.98. The molecule has 0 atom stereocenters. The summed E-state index contributed by atoms with van der Waals surface area (Å²) in [6.45, 7) is 1.95. The van der Waals surface area contributed by atoms with E-state index in [1.54, 1.807) is 0 Å². The lowest BCUT2D eigenvalue weighted by molar-refractivity contribution is 0.968. The number of anilines is 1. The second-order valence-electron chi connectivity index (χ2n) is 3.19. The number of hydrogen-bond donors (Lipinski definition) is 1. The molecule has 1 aliphatic rings. The minimum Gasteiger partial charge on any atom is -0.382 e. The molecule has 3 nitrogen and oxygen atoms in total. The zero-order valence-electron chi connectivity index (χ0n) is 6.84. The normalized spacial score (nSPS) is 16.5. The van der Waals surface area contributed by atoms with Crippen molar-refractivity contribution in [2.75, 3.05) is 5.73 Å². The highest BCUT2D eigenvalue weighted by Gasteiger charge is 2.28. The number of nitrogen functional groups attached to an aromatic ring is 1. The van der Waals surface area contributed by atoms with E-state index in [4.69, 9.17) is 17.3 Å². The molecule has 1 fully saturated rings. The Bertz CT molecular complexity index is 320. The van der Waals surface area contributed by atoms with Gasteiger partial charge in [-0.2, -0.15) is 0 Å². The van der Waals surface area contributed by atoms with Crippen molar-refractivity contribution in [3.63, 3.8) is 0 Å². The molecule has 1 heterocycles. The Morgan fingerprint density at radius 1 is 1.42 bits per heavy atom. The van der Waals surface area contributed by atoms with Gasteiger partial charge < -0.3 is 5.73 Å². The maximum atomic E-state index is 5.83. The molecule has 0 radical (unpaired) electrons. The standard InChI is InChI=1S/C8H10ClN3/c1-4-6(5-2-3-5)8(10)12-11-7(4)9/h5H,2-3H2,1H3,(H2,10,12). The summed E-state index contributed by atoms with van der Waals surface area (Å²) in [5.74, 6) is 1.12. The molecule has 0 spiro atoms. The molecule has 64 valence electrons. The van der Waals surface area contributed by atoms with Crippen LogP contribution >= 0.6 is 11.6 Å². The van der Waals surface area contributed by atoms with E-state index in [9.17, 15) is 0 Å². The van der Waals surface area contributed by atoms with Crippen LogP contribution in [0.4, 0.5) is 5.82 Å². The van der Waals surface area contributed by atoms with Gasteiger partial charge in [-0.05, 0) is 31.2 Å². The van der Waals surface area contributed by atoms with Gasteiger partial charge in [-0.15, -0.1) is 10.2 Å². The maximum absolute atomic E-state index is 5.83. The highest BCUT2D eigenvalue weighted by molar-refractivity contribution is 6.30. The lowest BCUT2D eigenvalue weighted by Crippen LogP contribution is -2.02. The Morgan fingerprint density at radius 3 is 2.67 bits per heavy atom. The number of aromatic nitrogens is 2. The Kier molecular flexibility index (Phi) is 1.68. The van der Waals surface area contributed by atoms with Crippen LogP contribution < -0.4 is 5.73 Å². The summed E-state index contributed by atoms with van der Waals surface area (Å²) in [6.07, 6.45) is 2.40. The number of hydrogen-bond acceptors (Lipinski definition) is 3. The molecule has 0 bridgehead atoms. The molecule has 1 aromatic rings. The van der Waals surface area contributed by atoms with Gasteiger partial charge in [0.25, 0.3) is 0 Å². The number of rotatable bonds is 1. The van der Waals surface area contributed by atoms with Crippen molar-refractivity contribution >= 4 is 17.4 Å². The van der Waals surface area contributed by atoms with Gasteiger partial charge in [0, 0.05) is 5.56 Å². The highest BCUT2D eigenvalue weighted by atomic mass is 35.5. The van der Waals surface area contributed by atoms with Gasteiger partial charge in [-0.1, -0.05) is 11.6 Å². The number of nitrogens with two attached hydrogens (primary N) is 1. The van der Waals surface area contributed by atoms with Crippen LogP contribution in [0.1, 0.15) is 29.9 Å². The zero-order chi connectivity index (χ0) is 8.72. The average molecular weight is 184 g/mol. The lowest BCUT2D eigenvalue weighted by Gasteiger charge is -2.06. The summed E-state index contributed by atoms with van der Waals surface area (Å²) in [5, 5.41) is 8.01. The molecule has 1 aromatic heterocycles. The van der Waals surface area contributed by atoms with E-state index >= 15 is 0 Å². The van der Waals surface area contributed by atoms with Crippen molar-refractivity contribution in [3.05, 3.63) is 16.3 Å². The molecule has 2 rings (SSSR count). The summed E-state index contributed by atoms with van der Waals surface area (Å²) >= 11 is 5.83. The fraction of sp³-hybridized carbons (Fsp3) is 0.500. The molecule has 1 aliphatic carbocycles. The van der Waals surface area contributed by atoms with Crippen LogP contribution in [0.15, 0.2) is 0 Å². The topological polar surface area (TPSA) is 51.8 Å². The molecule has 0 amide bonds. The molecule has 1 saturated carbocycles. The van der Waals surface area contributed by atoms with Crippen molar-refractivity contribution in [2.45, 2.75) is 25.7 Å². The van der Waals surface area contributed by atoms with E-state index in [-0.39, 0.29) is 0 Å². The van der Waals surface area contributed by atoms with Crippen LogP contribution in [-0.2, 0) is 0 Å². The van der Waals surface area contributed by atoms with Crippen molar-refractivity contribution in [2.24, 2.45) is 0 Å². The van der Waals surface area contributed by atoms with E-state index in [1.165, 1.54) is 12.8 Å². The summed E-state index contributed by atoms with van der Waals surface area (Å²) < 4.78 is 0. The molecule has 0 unspecified atom stereocenters. The van der Waals surface area contributed by atoms with Gasteiger partial charge >= 0.3 is 0 Å². The highest BCUT2D eigenvalue weighted by Crippen LogP contribution is 2.44. The maximum Gasteiger partial charge on any atom is 0.155 e. The third kappa shape index (κ3) is 1.14. The van der Waals surface area contributed by atoms with Crippen molar-refractivity contribution in [1.82, 2.24) is 10.2 Å². The van der Waals surface area contributed by atoms with E-state index in [0.29, 0.717) is 16.9 Å². The molecule has 4 heteroatoms. The van der Waals surface area contributed by atoms with Crippen molar-refractivity contribution in [3.8, 4) is 0 Å². The first-order chi connectivity index (χ1) is 5.70. The Morgan fingerprint density at radius 2 is 2.08 bits per heavy atom. The molecule has 0 saturated heterocycles. The quantitative estimate of drug-likeness (QED) is 0.724. The van der Waals surface area contributed by atoms with Crippen LogP contribution in [0, 0.1) is 6.92 Å². The summed E-state index contributed by atoms with van der Waals surface area (Å²) in [4.78, 5) is 0. The van der Waals surface area contributed by atoms with Gasteiger partial charge in [-0.3, -0.25) is 0 Å². The SMILES string of the molecule is Cc1c(Cl)nnc(N)c1C1CC1. The van der Waals surface area contributed by atoms with Gasteiger partial charge in [0.05, 0.1) is 0 Å². The van der Waals surface area contributed by atoms with Crippen LogP contribution in [-0.4, -0.2) is 10.2 Å². The molecular formula is C8H10ClN3. The third-order valence-electron chi connectivity index (χ3n) is 2.22. The van der Waals surface area contributed by atoms with Crippen molar-refractivity contribution < 1.29 is 0 Å². The summed E-state index contributed by atoms with van der Waals surface area (Å²) in [7, 11) is 0. The van der Waals surface area contributed by atoms with Crippen LogP contribution in [0.2, 0.25) is 5.15 Å². The third-order valence-corrected chi connectivity index (χ3v) is 2.58. The summed E-state index contributed by atoms with van der Waals surface area (Å²) in [5.41, 5.74) is 7.80. The Hall–Kier alpha value is -0.830. The summed E-state index contributed by atoms with van der Waals surface area (Å²) in [6, 6.07) is 0. The van der Waals surface area contributed by atoms with Crippen LogP contribution in [0.3, 0.4) is 0 Å². The zero-order valence-corrected chi connectivity index (χ0v) is 7.60. The predicted molar refractivity (Wildman–Crippen MR) is 48.2 cm³/mol. The number of halogens is 1. The largest absolute Gasteiger partial charge is 0.382 e.